The molecule has 7 nitrogen and oxygen atoms in total. The van der Waals surface area contributed by atoms with Crippen LogP contribution in [0, 0.1) is 6.92 Å². The van der Waals surface area contributed by atoms with Gasteiger partial charge in [-0.15, -0.1) is 10.2 Å². The van der Waals surface area contributed by atoms with Crippen molar-refractivity contribution in [1.29, 1.82) is 0 Å². The van der Waals surface area contributed by atoms with Crippen molar-refractivity contribution >= 4 is 22.4 Å². The summed E-state index contributed by atoms with van der Waals surface area (Å²) in [6.45, 7) is 3.46. The summed E-state index contributed by atoms with van der Waals surface area (Å²) in [6, 6.07) is 0.904. The first-order valence-electron chi connectivity index (χ1n) is 6.77. The molecular weight excluding hydrogens is 290 g/mol. The molecule has 2 aromatic heterocycles. The summed E-state index contributed by atoms with van der Waals surface area (Å²) >= 11 is 1.29. The highest BCUT2D eigenvalue weighted by Gasteiger charge is 2.22. The van der Waals surface area contributed by atoms with Crippen LogP contribution < -0.4 is 10.9 Å². The normalized spacial score (nSPS) is 14.8. The van der Waals surface area contributed by atoms with Gasteiger partial charge in [0.2, 0.25) is 5.13 Å². The highest BCUT2D eigenvalue weighted by atomic mass is 32.1. The Hall–Kier alpha value is -2.09. The molecule has 0 saturated carbocycles. The minimum absolute atomic E-state index is 0.244. The molecule has 110 valence electrons. The van der Waals surface area contributed by atoms with Crippen molar-refractivity contribution in [2.24, 2.45) is 0 Å². The number of carbonyl (C=O) groups excluding carboxylic acids is 1. The van der Waals surface area contributed by atoms with E-state index in [-0.39, 0.29) is 11.5 Å². The summed E-state index contributed by atoms with van der Waals surface area (Å²) in [5.74, 6) is -0.321. The quantitative estimate of drug-likeness (QED) is 0.917. The summed E-state index contributed by atoms with van der Waals surface area (Å²) in [5.41, 5.74) is 1.68. The molecule has 1 aliphatic carbocycles. The van der Waals surface area contributed by atoms with Gasteiger partial charge in [-0.25, -0.2) is 4.68 Å². The van der Waals surface area contributed by atoms with Crippen molar-refractivity contribution < 1.29 is 4.79 Å². The number of anilines is 1. The van der Waals surface area contributed by atoms with E-state index in [0.717, 1.165) is 35.5 Å². The number of aromatic nitrogens is 4. The first-order valence-corrected chi connectivity index (χ1v) is 7.59. The van der Waals surface area contributed by atoms with Crippen LogP contribution in [-0.4, -0.2) is 25.9 Å². The topological polar surface area (TPSA) is 89.8 Å². The van der Waals surface area contributed by atoms with E-state index >= 15 is 0 Å². The molecule has 1 N–H and O–H groups in total. The fourth-order valence-corrected chi connectivity index (χ4v) is 2.96. The van der Waals surface area contributed by atoms with E-state index in [9.17, 15) is 9.59 Å². The van der Waals surface area contributed by atoms with Crippen molar-refractivity contribution in [1.82, 2.24) is 20.0 Å². The molecule has 0 aromatic carbocycles. The zero-order chi connectivity index (χ0) is 15.0. The Kier molecular flexibility index (Phi) is 3.54. The van der Waals surface area contributed by atoms with Gasteiger partial charge in [-0.2, -0.15) is 5.10 Å². The standard InChI is InChI=1S/C13H15N5O2S/c1-7(12(20)14-13-16-15-8(2)21-13)18-11(19)6-9-4-3-5-10(9)17-18/h6-7H,3-5H2,1-2H3,(H,14,16,20). The average Bonchev–Trinajstić information content (AvgIpc) is 3.05. The summed E-state index contributed by atoms with van der Waals surface area (Å²) in [4.78, 5) is 24.3. The van der Waals surface area contributed by atoms with Gasteiger partial charge in [0, 0.05) is 6.07 Å². The Labute approximate surface area is 125 Å². The second-order valence-corrected chi connectivity index (χ2v) is 6.23. The number of hydrogen-bond acceptors (Lipinski definition) is 6. The molecule has 1 atom stereocenters. The summed E-state index contributed by atoms with van der Waals surface area (Å²) < 4.78 is 1.24. The van der Waals surface area contributed by atoms with Gasteiger partial charge in [-0.1, -0.05) is 11.3 Å². The molecule has 0 spiro atoms. The molecule has 8 heteroatoms. The number of nitrogens with zero attached hydrogens (tertiary/aromatic N) is 4. The van der Waals surface area contributed by atoms with Gasteiger partial charge < -0.3 is 0 Å². The Morgan fingerprint density at radius 1 is 1.43 bits per heavy atom. The Morgan fingerprint density at radius 2 is 2.24 bits per heavy atom. The van der Waals surface area contributed by atoms with Crippen LogP contribution >= 0.6 is 11.3 Å². The van der Waals surface area contributed by atoms with Gasteiger partial charge in [0.25, 0.3) is 11.5 Å². The minimum Gasteiger partial charge on any atom is -0.299 e. The summed E-state index contributed by atoms with van der Waals surface area (Å²) in [5, 5.41) is 15.9. The predicted octanol–water partition coefficient (Wildman–Crippen LogP) is 1.09. The molecule has 0 saturated heterocycles. The number of amides is 1. The van der Waals surface area contributed by atoms with E-state index in [1.54, 1.807) is 13.0 Å². The van der Waals surface area contributed by atoms with E-state index in [1.165, 1.54) is 16.0 Å². The maximum atomic E-state index is 12.2. The molecule has 0 bridgehead atoms. The maximum Gasteiger partial charge on any atom is 0.267 e. The Morgan fingerprint density at radius 3 is 2.95 bits per heavy atom. The SMILES string of the molecule is Cc1nnc(NC(=O)C(C)n2nc3c(cc2=O)CCC3)s1. The number of rotatable bonds is 3. The van der Waals surface area contributed by atoms with Crippen LogP contribution in [0.15, 0.2) is 10.9 Å². The fraction of sp³-hybridized carbons (Fsp3) is 0.462. The first-order chi connectivity index (χ1) is 10.0. The van der Waals surface area contributed by atoms with Crippen molar-refractivity contribution in [3.8, 4) is 0 Å². The van der Waals surface area contributed by atoms with Crippen LogP contribution in [0.1, 0.15) is 35.7 Å². The third kappa shape index (κ3) is 2.71. The highest BCUT2D eigenvalue weighted by Crippen LogP contribution is 2.19. The molecule has 2 aromatic rings. The van der Waals surface area contributed by atoms with Crippen LogP contribution in [-0.2, 0) is 17.6 Å². The fourth-order valence-electron chi connectivity index (χ4n) is 2.36. The lowest BCUT2D eigenvalue weighted by atomic mass is 10.2. The van der Waals surface area contributed by atoms with Gasteiger partial charge >= 0.3 is 0 Å². The number of nitrogens with one attached hydrogen (secondary N) is 1. The predicted molar refractivity (Wildman–Crippen MR) is 78.5 cm³/mol. The molecule has 0 radical (unpaired) electrons. The van der Waals surface area contributed by atoms with Gasteiger partial charge in [0.05, 0.1) is 5.69 Å². The minimum atomic E-state index is -0.687. The van der Waals surface area contributed by atoms with Crippen LogP contribution in [0.3, 0.4) is 0 Å². The summed E-state index contributed by atoms with van der Waals surface area (Å²) in [7, 11) is 0. The molecule has 1 aliphatic rings. The number of carbonyl (C=O) groups is 1. The molecule has 3 rings (SSSR count). The van der Waals surface area contributed by atoms with Crippen molar-refractivity contribution in [2.45, 2.75) is 39.2 Å². The largest absolute Gasteiger partial charge is 0.299 e. The molecule has 0 fully saturated rings. The third-order valence-corrected chi connectivity index (χ3v) is 4.24. The molecule has 1 unspecified atom stereocenters. The maximum absolute atomic E-state index is 12.2. The highest BCUT2D eigenvalue weighted by molar-refractivity contribution is 7.15. The number of hydrogen-bond donors (Lipinski definition) is 1. The lowest BCUT2D eigenvalue weighted by Gasteiger charge is -2.13. The van der Waals surface area contributed by atoms with Crippen LogP contribution in [0.5, 0.6) is 0 Å². The molecule has 1 amide bonds. The van der Waals surface area contributed by atoms with Gasteiger partial charge in [0.15, 0.2) is 0 Å². The second kappa shape index (κ2) is 5.36. The van der Waals surface area contributed by atoms with E-state index in [4.69, 9.17) is 0 Å². The zero-order valence-corrected chi connectivity index (χ0v) is 12.6. The molecule has 21 heavy (non-hydrogen) atoms. The van der Waals surface area contributed by atoms with Crippen molar-refractivity contribution in [3.05, 3.63) is 32.7 Å². The summed E-state index contributed by atoms with van der Waals surface area (Å²) in [6.07, 6.45) is 2.76. The lowest BCUT2D eigenvalue weighted by Crippen LogP contribution is -2.33. The van der Waals surface area contributed by atoms with Crippen molar-refractivity contribution in [3.63, 3.8) is 0 Å². The zero-order valence-electron chi connectivity index (χ0n) is 11.8. The molecule has 0 aliphatic heterocycles. The van der Waals surface area contributed by atoms with E-state index in [0.29, 0.717) is 5.13 Å². The third-order valence-electron chi connectivity index (χ3n) is 3.48. The van der Waals surface area contributed by atoms with Gasteiger partial charge in [0.1, 0.15) is 11.0 Å². The van der Waals surface area contributed by atoms with E-state index < -0.39 is 6.04 Å². The van der Waals surface area contributed by atoms with Crippen LogP contribution in [0.2, 0.25) is 0 Å². The van der Waals surface area contributed by atoms with E-state index in [2.05, 4.69) is 20.6 Å². The van der Waals surface area contributed by atoms with Crippen LogP contribution in [0.4, 0.5) is 5.13 Å². The Balaban J connectivity index is 1.83. The average molecular weight is 305 g/mol. The number of fused-ring (bicyclic) bond motifs is 1. The number of aryl methyl sites for hydroxylation is 3. The van der Waals surface area contributed by atoms with E-state index in [1.807, 2.05) is 6.92 Å². The lowest BCUT2D eigenvalue weighted by molar-refractivity contribution is -0.119. The van der Waals surface area contributed by atoms with Gasteiger partial charge in [-0.3, -0.25) is 14.9 Å². The first kappa shape index (κ1) is 13.9. The van der Waals surface area contributed by atoms with Gasteiger partial charge in [-0.05, 0) is 38.7 Å². The Bertz CT molecular complexity index is 751. The second-order valence-electron chi connectivity index (χ2n) is 5.04. The molecule has 2 heterocycles. The monoisotopic (exact) mass is 305 g/mol. The molecular formula is C13H15N5O2S. The smallest absolute Gasteiger partial charge is 0.267 e. The van der Waals surface area contributed by atoms with Crippen molar-refractivity contribution in [2.75, 3.05) is 5.32 Å². The van der Waals surface area contributed by atoms with Crippen LogP contribution in [0.25, 0.3) is 0 Å².